The van der Waals surface area contributed by atoms with Crippen molar-refractivity contribution in [3.8, 4) is 16.9 Å². The Morgan fingerprint density at radius 1 is 1.00 bits per heavy atom. The number of Topliss-reactive ketones (excluding diaryl/α,β-unsaturated/α-hetero) is 1. The molecule has 2 aliphatic heterocycles. The highest BCUT2D eigenvalue weighted by Crippen LogP contribution is 2.41. The Kier molecular flexibility index (Phi) is 4.92. The van der Waals surface area contributed by atoms with Crippen LogP contribution in [0, 0.1) is 0 Å². The van der Waals surface area contributed by atoms with Crippen LogP contribution in [0.15, 0.2) is 36.4 Å². The van der Waals surface area contributed by atoms with Gasteiger partial charge < -0.3 is 4.74 Å². The number of ketones is 1. The molecule has 0 aliphatic carbocycles. The number of carbonyl (C=O) groups excluding carboxylic acids is 1. The van der Waals surface area contributed by atoms with Gasteiger partial charge in [0.1, 0.15) is 11.4 Å². The minimum atomic E-state index is -3.73. The zero-order chi connectivity index (χ0) is 20.1. The maximum Gasteiger partial charge on any atom is 0.276 e. The molecule has 1 saturated heterocycles. The first-order valence-corrected chi connectivity index (χ1v) is 11.0. The topological polar surface area (TPSA) is 89.7 Å². The van der Waals surface area contributed by atoms with E-state index in [0.29, 0.717) is 34.2 Å². The fourth-order valence-electron chi connectivity index (χ4n) is 3.78. The van der Waals surface area contributed by atoms with Gasteiger partial charge in [0.15, 0.2) is 5.78 Å². The Bertz CT molecular complexity index is 1060. The van der Waals surface area contributed by atoms with Crippen molar-refractivity contribution in [3.63, 3.8) is 0 Å². The van der Waals surface area contributed by atoms with Crippen LogP contribution in [0.5, 0.6) is 5.75 Å². The first-order chi connectivity index (χ1) is 13.2. The number of ether oxygens (including phenoxy) is 1. The molecule has 28 heavy (non-hydrogen) atoms. The Morgan fingerprint density at radius 3 is 2.29 bits per heavy atom. The molecule has 0 amide bonds. The van der Waals surface area contributed by atoms with Crippen LogP contribution >= 0.6 is 23.2 Å². The molecule has 2 heterocycles. The summed E-state index contributed by atoms with van der Waals surface area (Å²) in [6.07, 6.45) is 1.05. The Labute approximate surface area is 173 Å². The van der Waals surface area contributed by atoms with Crippen molar-refractivity contribution in [1.29, 1.82) is 0 Å². The monoisotopic (exact) mass is 440 g/mol. The van der Waals surface area contributed by atoms with Gasteiger partial charge in [-0.2, -0.15) is 12.7 Å². The average molecular weight is 441 g/mol. The van der Waals surface area contributed by atoms with Gasteiger partial charge in [0.2, 0.25) is 0 Å². The van der Waals surface area contributed by atoms with E-state index in [1.807, 2.05) is 12.1 Å². The number of rotatable bonds is 2. The summed E-state index contributed by atoms with van der Waals surface area (Å²) in [6.45, 7) is 0.478. The second-order valence-electron chi connectivity index (χ2n) is 7.17. The van der Waals surface area contributed by atoms with Crippen molar-refractivity contribution in [1.82, 2.24) is 4.31 Å². The maximum atomic E-state index is 12.9. The number of carbonyl (C=O) groups is 1. The SMILES string of the molecule is NS(=O)(=O)N1CCC2(CC1)CC(=O)c1cc(-c3ccc(Cl)c(Cl)c3)ccc1O2. The molecule has 148 valence electrons. The fraction of sp³-hybridized carbons (Fsp3) is 0.316. The van der Waals surface area contributed by atoms with Crippen molar-refractivity contribution < 1.29 is 17.9 Å². The molecule has 2 aliphatic rings. The highest BCUT2D eigenvalue weighted by atomic mass is 35.5. The highest BCUT2D eigenvalue weighted by Gasteiger charge is 2.44. The molecule has 9 heteroatoms. The number of benzene rings is 2. The van der Waals surface area contributed by atoms with Crippen LogP contribution in [0.4, 0.5) is 0 Å². The van der Waals surface area contributed by atoms with E-state index in [4.69, 9.17) is 33.1 Å². The lowest BCUT2D eigenvalue weighted by atomic mass is 9.82. The summed E-state index contributed by atoms with van der Waals surface area (Å²) in [4.78, 5) is 12.9. The molecule has 0 radical (unpaired) electrons. The predicted molar refractivity (Wildman–Crippen MR) is 108 cm³/mol. The molecule has 0 atom stereocenters. The number of fused-ring (bicyclic) bond motifs is 1. The number of nitrogens with zero attached hydrogens (tertiary/aromatic N) is 1. The molecule has 0 unspecified atom stereocenters. The molecule has 2 N–H and O–H groups in total. The zero-order valence-electron chi connectivity index (χ0n) is 14.8. The van der Waals surface area contributed by atoms with Crippen molar-refractivity contribution >= 4 is 39.2 Å². The molecule has 1 fully saturated rings. The summed E-state index contributed by atoms with van der Waals surface area (Å²) in [5.41, 5.74) is 1.53. The van der Waals surface area contributed by atoms with E-state index in [1.165, 1.54) is 4.31 Å². The Morgan fingerprint density at radius 2 is 1.64 bits per heavy atom. The van der Waals surface area contributed by atoms with Crippen LogP contribution in [0.1, 0.15) is 29.6 Å². The van der Waals surface area contributed by atoms with Gasteiger partial charge in [0, 0.05) is 25.9 Å². The molecule has 6 nitrogen and oxygen atoms in total. The van der Waals surface area contributed by atoms with Gasteiger partial charge in [-0.1, -0.05) is 35.3 Å². The van der Waals surface area contributed by atoms with E-state index in [2.05, 4.69) is 0 Å². The smallest absolute Gasteiger partial charge is 0.276 e. The third-order valence-electron chi connectivity index (χ3n) is 5.34. The number of nitrogens with two attached hydrogens (primary N) is 1. The summed E-state index contributed by atoms with van der Waals surface area (Å²) in [6, 6.07) is 10.7. The quantitative estimate of drug-likeness (QED) is 0.770. The van der Waals surface area contributed by atoms with Gasteiger partial charge in [-0.15, -0.1) is 0 Å². The van der Waals surface area contributed by atoms with Crippen LogP contribution in [0.25, 0.3) is 11.1 Å². The molecule has 0 bridgehead atoms. The second kappa shape index (κ2) is 7.00. The van der Waals surface area contributed by atoms with Gasteiger partial charge in [-0.3, -0.25) is 4.79 Å². The van der Waals surface area contributed by atoms with Crippen molar-refractivity contribution in [2.75, 3.05) is 13.1 Å². The summed E-state index contributed by atoms with van der Waals surface area (Å²) in [7, 11) is -3.73. The molecule has 4 rings (SSSR count). The Balaban J connectivity index is 1.60. The van der Waals surface area contributed by atoms with E-state index in [1.54, 1.807) is 24.3 Å². The Hall–Kier alpha value is -1.64. The van der Waals surface area contributed by atoms with E-state index in [0.717, 1.165) is 11.1 Å². The van der Waals surface area contributed by atoms with E-state index in [9.17, 15) is 13.2 Å². The average Bonchev–Trinajstić information content (AvgIpc) is 2.63. The summed E-state index contributed by atoms with van der Waals surface area (Å²) >= 11 is 12.1. The maximum absolute atomic E-state index is 12.9. The molecule has 2 aromatic rings. The number of piperidine rings is 1. The lowest BCUT2D eigenvalue weighted by Crippen LogP contribution is -2.53. The predicted octanol–water partition coefficient (Wildman–Crippen LogP) is 3.66. The van der Waals surface area contributed by atoms with E-state index < -0.39 is 15.8 Å². The lowest BCUT2D eigenvalue weighted by molar-refractivity contribution is 0.00594. The van der Waals surface area contributed by atoms with Crippen LogP contribution < -0.4 is 9.88 Å². The van der Waals surface area contributed by atoms with Gasteiger partial charge in [0.05, 0.1) is 22.0 Å². The normalized spacial score (nSPS) is 19.3. The summed E-state index contributed by atoms with van der Waals surface area (Å²) in [5, 5.41) is 6.11. The van der Waals surface area contributed by atoms with E-state index in [-0.39, 0.29) is 25.3 Å². The van der Waals surface area contributed by atoms with Gasteiger partial charge in [0.25, 0.3) is 10.2 Å². The molecular weight excluding hydrogens is 423 g/mol. The van der Waals surface area contributed by atoms with Gasteiger partial charge >= 0.3 is 0 Å². The van der Waals surface area contributed by atoms with Crippen molar-refractivity contribution in [3.05, 3.63) is 52.0 Å². The number of hydrogen-bond donors (Lipinski definition) is 1. The first-order valence-electron chi connectivity index (χ1n) is 8.76. The molecule has 0 aromatic heterocycles. The molecule has 1 spiro atoms. The van der Waals surface area contributed by atoms with Gasteiger partial charge in [-0.05, 0) is 35.4 Å². The molecule has 0 saturated carbocycles. The van der Waals surface area contributed by atoms with Crippen molar-refractivity contribution in [2.24, 2.45) is 5.14 Å². The summed E-state index contributed by atoms with van der Waals surface area (Å²) in [5.74, 6) is 0.497. The third-order valence-corrected chi connectivity index (χ3v) is 7.16. The van der Waals surface area contributed by atoms with E-state index >= 15 is 0 Å². The standard InChI is InChI=1S/C19H18Cl2N2O4S/c20-15-3-1-13(10-16(15)21)12-2-4-18-14(9-12)17(24)11-19(27-18)5-7-23(8-6-19)28(22,25)26/h1-4,9-10H,5-8,11H2,(H2,22,25,26). The largest absolute Gasteiger partial charge is 0.486 e. The third kappa shape index (κ3) is 3.65. The zero-order valence-corrected chi connectivity index (χ0v) is 17.1. The minimum absolute atomic E-state index is 0.0211. The minimum Gasteiger partial charge on any atom is -0.486 e. The lowest BCUT2D eigenvalue weighted by Gasteiger charge is -2.43. The second-order valence-corrected chi connectivity index (χ2v) is 9.53. The molecule has 2 aromatic carbocycles. The molecular formula is C19H18Cl2N2O4S. The van der Waals surface area contributed by atoms with Crippen LogP contribution in [0.3, 0.4) is 0 Å². The summed E-state index contributed by atoms with van der Waals surface area (Å²) < 4.78 is 30.4. The van der Waals surface area contributed by atoms with Crippen LogP contribution in [0.2, 0.25) is 10.0 Å². The number of hydrogen-bond acceptors (Lipinski definition) is 4. The fourth-order valence-corrected chi connectivity index (χ4v) is 4.77. The van der Waals surface area contributed by atoms with Crippen LogP contribution in [-0.2, 0) is 10.2 Å². The number of halogens is 2. The highest BCUT2D eigenvalue weighted by molar-refractivity contribution is 7.86. The first kappa shape index (κ1) is 19.7. The van der Waals surface area contributed by atoms with Gasteiger partial charge in [-0.25, -0.2) is 5.14 Å². The van der Waals surface area contributed by atoms with Crippen molar-refractivity contribution in [2.45, 2.75) is 24.9 Å². The van der Waals surface area contributed by atoms with Crippen LogP contribution in [-0.4, -0.2) is 37.2 Å².